The summed E-state index contributed by atoms with van der Waals surface area (Å²) in [7, 11) is 1.62. The average Bonchev–Trinajstić information content (AvgIpc) is 2.81. The van der Waals surface area contributed by atoms with Crippen molar-refractivity contribution in [3.8, 4) is 0 Å². The van der Waals surface area contributed by atoms with Crippen molar-refractivity contribution in [1.29, 1.82) is 0 Å². The first-order chi connectivity index (χ1) is 9.10. The van der Waals surface area contributed by atoms with E-state index in [2.05, 4.69) is 16.0 Å². The van der Waals surface area contributed by atoms with E-state index >= 15 is 0 Å². The van der Waals surface area contributed by atoms with Crippen molar-refractivity contribution in [2.75, 3.05) is 25.5 Å². The zero-order valence-electron chi connectivity index (χ0n) is 10.4. The highest BCUT2D eigenvalue weighted by molar-refractivity contribution is 6.35. The molecule has 0 radical (unpaired) electrons. The molecule has 19 heavy (non-hydrogen) atoms. The average molecular weight is 304 g/mol. The Bertz CT molecular complexity index is 470. The van der Waals surface area contributed by atoms with E-state index in [1.54, 1.807) is 25.3 Å². The minimum atomic E-state index is -0.333. The van der Waals surface area contributed by atoms with Crippen LogP contribution in [0.25, 0.3) is 0 Å². The number of carbonyl (C=O) groups is 1. The maximum Gasteiger partial charge on any atom is 0.319 e. The number of nitrogens with one attached hydrogen (secondary N) is 3. The molecule has 1 saturated heterocycles. The lowest BCUT2D eigenvalue weighted by atomic mass is 10.2. The summed E-state index contributed by atoms with van der Waals surface area (Å²) in [5.74, 6) is 0. The van der Waals surface area contributed by atoms with Crippen LogP contribution in [0, 0.1) is 0 Å². The summed E-state index contributed by atoms with van der Waals surface area (Å²) in [6.07, 6.45) is -0.0272. The number of ether oxygens (including phenoxy) is 1. The van der Waals surface area contributed by atoms with Gasteiger partial charge in [0.15, 0.2) is 0 Å². The summed E-state index contributed by atoms with van der Waals surface area (Å²) in [4.78, 5) is 11.9. The smallest absolute Gasteiger partial charge is 0.319 e. The number of benzene rings is 1. The zero-order valence-corrected chi connectivity index (χ0v) is 11.9. The van der Waals surface area contributed by atoms with Crippen molar-refractivity contribution >= 4 is 34.9 Å². The van der Waals surface area contributed by atoms with E-state index in [-0.39, 0.29) is 18.2 Å². The maximum atomic E-state index is 11.9. The standard InChI is InChI=1S/C12H15Cl2N3O2/c1-19-11-6-15-5-10(11)17-12(18)16-9-4-7(13)2-3-8(9)14/h2-4,10-11,15H,5-6H2,1H3,(H2,16,17,18)/t10?,11-/m0/s1. The van der Waals surface area contributed by atoms with E-state index in [1.807, 2.05) is 0 Å². The number of halogens is 2. The number of hydrogen-bond donors (Lipinski definition) is 3. The lowest BCUT2D eigenvalue weighted by molar-refractivity contribution is 0.0991. The van der Waals surface area contributed by atoms with Gasteiger partial charge in [-0.2, -0.15) is 0 Å². The van der Waals surface area contributed by atoms with Crippen LogP contribution in [0.15, 0.2) is 18.2 Å². The first-order valence-electron chi connectivity index (χ1n) is 5.86. The van der Waals surface area contributed by atoms with Crippen LogP contribution < -0.4 is 16.0 Å². The minimum Gasteiger partial charge on any atom is -0.378 e. The third-order valence-electron chi connectivity index (χ3n) is 2.95. The van der Waals surface area contributed by atoms with Crippen molar-refractivity contribution in [2.45, 2.75) is 12.1 Å². The molecule has 2 atom stereocenters. The number of carbonyl (C=O) groups excluding carboxylic acids is 1. The molecule has 1 heterocycles. The molecule has 1 aliphatic rings. The summed E-state index contributed by atoms with van der Waals surface area (Å²) in [6, 6.07) is 4.50. The van der Waals surface area contributed by atoms with Crippen LogP contribution in [0.2, 0.25) is 10.0 Å². The van der Waals surface area contributed by atoms with Gasteiger partial charge in [-0.25, -0.2) is 4.79 Å². The van der Waals surface area contributed by atoms with Crippen LogP contribution in [0.4, 0.5) is 10.5 Å². The molecule has 0 aliphatic carbocycles. The van der Waals surface area contributed by atoms with E-state index in [4.69, 9.17) is 27.9 Å². The van der Waals surface area contributed by atoms with Gasteiger partial charge in [-0.15, -0.1) is 0 Å². The van der Waals surface area contributed by atoms with Crippen molar-refractivity contribution < 1.29 is 9.53 Å². The van der Waals surface area contributed by atoms with E-state index < -0.39 is 0 Å². The Hall–Kier alpha value is -1.01. The Morgan fingerprint density at radius 1 is 1.42 bits per heavy atom. The number of hydrogen-bond acceptors (Lipinski definition) is 3. The van der Waals surface area contributed by atoms with Crippen LogP contribution in [0.1, 0.15) is 0 Å². The van der Waals surface area contributed by atoms with Gasteiger partial charge in [-0.05, 0) is 18.2 Å². The van der Waals surface area contributed by atoms with Gasteiger partial charge in [-0.3, -0.25) is 0 Å². The number of rotatable bonds is 3. The summed E-state index contributed by atoms with van der Waals surface area (Å²) in [5.41, 5.74) is 0.478. The first-order valence-corrected chi connectivity index (χ1v) is 6.62. The highest BCUT2D eigenvalue weighted by Gasteiger charge is 2.28. The molecule has 0 saturated carbocycles. The largest absolute Gasteiger partial charge is 0.378 e. The van der Waals surface area contributed by atoms with Crippen LogP contribution >= 0.6 is 23.2 Å². The second-order valence-corrected chi connectivity index (χ2v) is 5.11. The monoisotopic (exact) mass is 303 g/mol. The van der Waals surface area contributed by atoms with Crippen molar-refractivity contribution in [3.63, 3.8) is 0 Å². The predicted molar refractivity (Wildman–Crippen MR) is 76.1 cm³/mol. The summed E-state index contributed by atoms with van der Waals surface area (Å²) in [6.45, 7) is 1.40. The molecule has 0 aromatic heterocycles. The summed E-state index contributed by atoms with van der Waals surface area (Å²) < 4.78 is 5.27. The third kappa shape index (κ3) is 3.73. The topological polar surface area (TPSA) is 62.4 Å². The molecule has 1 unspecified atom stereocenters. The molecule has 1 aliphatic heterocycles. The normalized spacial score (nSPS) is 22.3. The highest BCUT2D eigenvalue weighted by atomic mass is 35.5. The molecule has 3 N–H and O–H groups in total. The minimum absolute atomic E-state index is 0.0272. The number of amides is 2. The van der Waals surface area contributed by atoms with E-state index in [1.165, 1.54) is 0 Å². The molecule has 1 fully saturated rings. The van der Waals surface area contributed by atoms with Crippen molar-refractivity contribution in [1.82, 2.24) is 10.6 Å². The molecule has 1 aromatic carbocycles. The molecule has 104 valence electrons. The fourth-order valence-electron chi connectivity index (χ4n) is 1.97. The molecule has 0 spiro atoms. The number of urea groups is 1. The van der Waals surface area contributed by atoms with Gasteiger partial charge in [0.2, 0.25) is 0 Å². The SMILES string of the molecule is CO[C@H]1CNCC1NC(=O)Nc1cc(Cl)ccc1Cl. The second-order valence-electron chi connectivity index (χ2n) is 4.26. The second kappa shape index (κ2) is 6.43. The highest BCUT2D eigenvalue weighted by Crippen LogP contribution is 2.25. The van der Waals surface area contributed by atoms with Gasteiger partial charge in [0.05, 0.1) is 22.9 Å². The molecule has 7 heteroatoms. The van der Waals surface area contributed by atoms with Gasteiger partial charge >= 0.3 is 6.03 Å². The van der Waals surface area contributed by atoms with E-state index in [0.29, 0.717) is 22.3 Å². The Morgan fingerprint density at radius 3 is 2.95 bits per heavy atom. The quantitative estimate of drug-likeness (QED) is 0.801. The van der Waals surface area contributed by atoms with Crippen LogP contribution in [-0.2, 0) is 4.74 Å². The summed E-state index contributed by atoms with van der Waals surface area (Å²) >= 11 is 11.8. The third-order valence-corrected chi connectivity index (χ3v) is 3.52. The van der Waals surface area contributed by atoms with Crippen molar-refractivity contribution in [2.24, 2.45) is 0 Å². The Kier molecular flexibility index (Phi) is 4.87. The van der Waals surface area contributed by atoms with Crippen LogP contribution in [-0.4, -0.2) is 38.4 Å². The van der Waals surface area contributed by atoms with E-state index in [0.717, 1.165) is 6.54 Å². The van der Waals surface area contributed by atoms with Gasteiger partial charge < -0.3 is 20.7 Å². The fraction of sp³-hybridized carbons (Fsp3) is 0.417. The van der Waals surface area contributed by atoms with Gasteiger partial charge in [0.25, 0.3) is 0 Å². The number of anilines is 1. The van der Waals surface area contributed by atoms with Gasteiger partial charge in [0.1, 0.15) is 0 Å². The van der Waals surface area contributed by atoms with Crippen molar-refractivity contribution in [3.05, 3.63) is 28.2 Å². The molecule has 0 bridgehead atoms. The molecular weight excluding hydrogens is 289 g/mol. The molecule has 5 nitrogen and oxygen atoms in total. The molecule has 2 amide bonds. The van der Waals surface area contributed by atoms with Gasteiger partial charge in [-0.1, -0.05) is 23.2 Å². The van der Waals surface area contributed by atoms with Gasteiger partial charge in [0, 0.05) is 25.2 Å². The van der Waals surface area contributed by atoms with Crippen LogP contribution in [0.5, 0.6) is 0 Å². The Labute approximate surface area is 121 Å². The zero-order chi connectivity index (χ0) is 13.8. The molecule has 2 rings (SSSR count). The lowest BCUT2D eigenvalue weighted by Gasteiger charge is -2.19. The predicted octanol–water partition coefficient (Wildman–Crippen LogP) is 2.10. The molecule has 1 aromatic rings. The summed E-state index contributed by atoms with van der Waals surface area (Å²) in [5, 5.41) is 9.61. The van der Waals surface area contributed by atoms with Crippen LogP contribution in [0.3, 0.4) is 0 Å². The molecular formula is C12H15Cl2N3O2. The number of methoxy groups -OCH3 is 1. The maximum absolute atomic E-state index is 11.9. The Balaban J connectivity index is 1.95. The first kappa shape index (κ1) is 14.4. The van der Waals surface area contributed by atoms with E-state index in [9.17, 15) is 4.79 Å². The Morgan fingerprint density at radius 2 is 2.21 bits per heavy atom. The fourth-order valence-corrected chi connectivity index (χ4v) is 2.30. The lowest BCUT2D eigenvalue weighted by Crippen LogP contribution is -2.45.